The summed E-state index contributed by atoms with van der Waals surface area (Å²) >= 11 is 1.66. The van der Waals surface area contributed by atoms with Crippen molar-refractivity contribution < 1.29 is 4.74 Å². The smallest absolute Gasteiger partial charge is 0.193 e. The zero-order chi connectivity index (χ0) is 12.5. The molecule has 17 heavy (non-hydrogen) atoms. The number of thiazole rings is 1. The van der Waals surface area contributed by atoms with Crippen LogP contribution in [-0.2, 0) is 11.2 Å². The highest BCUT2D eigenvalue weighted by atomic mass is 32.1. The van der Waals surface area contributed by atoms with E-state index in [1.807, 2.05) is 18.6 Å². The van der Waals surface area contributed by atoms with Crippen molar-refractivity contribution in [2.75, 3.05) is 14.2 Å². The number of ether oxygens (including phenoxy) is 1. The maximum atomic E-state index is 5.52. The molecule has 2 heterocycles. The van der Waals surface area contributed by atoms with E-state index in [0.29, 0.717) is 0 Å². The number of aromatic nitrogens is 2. The minimum atomic E-state index is -0.203. The van der Waals surface area contributed by atoms with Crippen LogP contribution in [0, 0.1) is 0 Å². The molecule has 2 rings (SSSR count). The second kappa shape index (κ2) is 4.76. The van der Waals surface area contributed by atoms with Crippen molar-refractivity contribution in [3.63, 3.8) is 0 Å². The van der Waals surface area contributed by atoms with E-state index < -0.39 is 0 Å². The standard InChI is InChI=1S/C12H19N3OS/c1-12(2,16-4)10(13-3)7-9-8-15-5-6-17-11(15)14-9/h5-6,8,10,13H,7H2,1-4H3. The Labute approximate surface area is 106 Å². The first-order valence-electron chi connectivity index (χ1n) is 5.70. The summed E-state index contributed by atoms with van der Waals surface area (Å²) < 4.78 is 7.59. The monoisotopic (exact) mass is 253 g/mol. The number of methoxy groups -OCH3 is 1. The Kier molecular flexibility index (Phi) is 3.51. The van der Waals surface area contributed by atoms with Crippen LogP contribution in [0.1, 0.15) is 19.5 Å². The summed E-state index contributed by atoms with van der Waals surface area (Å²) in [6.07, 6.45) is 4.99. The Morgan fingerprint density at radius 1 is 1.59 bits per heavy atom. The van der Waals surface area contributed by atoms with Crippen LogP contribution in [0.4, 0.5) is 0 Å². The molecule has 94 valence electrons. The van der Waals surface area contributed by atoms with Gasteiger partial charge in [0, 0.05) is 37.3 Å². The molecule has 0 aliphatic carbocycles. The Hall–Kier alpha value is -0.910. The van der Waals surface area contributed by atoms with Gasteiger partial charge in [-0.3, -0.25) is 4.40 Å². The molecule has 0 fully saturated rings. The van der Waals surface area contributed by atoms with Gasteiger partial charge in [-0.15, -0.1) is 11.3 Å². The largest absolute Gasteiger partial charge is 0.377 e. The second-order valence-electron chi connectivity index (χ2n) is 4.68. The molecule has 0 amide bonds. The summed E-state index contributed by atoms with van der Waals surface area (Å²) in [5.41, 5.74) is 0.896. The topological polar surface area (TPSA) is 38.6 Å². The number of likely N-dealkylation sites (N-methyl/N-ethyl adjacent to an activating group) is 1. The summed E-state index contributed by atoms with van der Waals surface area (Å²) in [4.78, 5) is 5.64. The summed E-state index contributed by atoms with van der Waals surface area (Å²) in [7, 11) is 3.71. The maximum absolute atomic E-state index is 5.52. The lowest BCUT2D eigenvalue weighted by atomic mass is 9.94. The minimum absolute atomic E-state index is 0.203. The van der Waals surface area contributed by atoms with E-state index in [9.17, 15) is 0 Å². The van der Waals surface area contributed by atoms with Crippen LogP contribution in [-0.4, -0.2) is 35.2 Å². The normalized spacial score (nSPS) is 14.4. The van der Waals surface area contributed by atoms with E-state index in [-0.39, 0.29) is 11.6 Å². The average molecular weight is 253 g/mol. The Bertz CT molecular complexity index is 460. The van der Waals surface area contributed by atoms with Crippen molar-refractivity contribution >= 4 is 16.3 Å². The molecule has 0 spiro atoms. The molecule has 0 aromatic carbocycles. The van der Waals surface area contributed by atoms with Crippen LogP contribution in [0.2, 0.25) is 0 Å². The van der Waals surface area contributed by atoms with Crippen LogP contribution in [0.3, 0.4) is 0 Å². The minimum Gasteiger partial charge on any atom is -0.377 e. The molecule has 1 N–H and O–H groups in total. The zero-order valence-corrected chi connectivity index (χ0v) is 11.5. The highest BCUT2D eigenvalue weighted by molar-refractivity contribution is 7.15. The molecule has 1 unspecified atom stereocenters. The first kappa shape index (κ1) is 12.5. The second-order valence-corrected chi connectivity index (χ2v) is 5.55. The average Bonchev–Trinajstić information content (AvgIpc) is 2.85. The van der Waals surface area contributed by atoms with E-state index in [0.717, 1.165) is 17.1 Å². The third kappa shape index (κ3) is 2.51. The lowest BCUT2D eigenvalue weighted by Gasteiger charge is -2.32. The molecule has 4 nitrogen and oxygen atoms in total. The molecule has 0 saturated heterocycles. The number of hydrogen-bond donors (Lipinski definition) is 1. The molecule has 0 saturated carbocycles. The third-order valence-electron chi connectivity index (χ3n) is 3.27. The predicted molar refractivity (Wildman–Crippen MR) is 70.7 cm³/mol. The number of nitrogens with zero attached hydrogens (tertiary/aromatic N) is 2. The first-order valence-corrected chi connectivity index (χ1v) is 6.58. The molecular formula is C12H19N3OS. The number of nitrogens with one attached hydrogen (secondary N) is 1. The van der Waals surface area contributed by atoms with Gasteiger partial charge in [-0.25, -0.2) is 4.98 Å². The lowest BCUT2D eigenvalue weighted by molar-refractivity contribution is -0.00818. The molecule has 5 heteroatoms. The van der Waals surface area contributed by atoms with Crippen molar-refractivity contribution in [3.05, 3.63) is 23.5 Å². The van der Waals surface area contributed by atoms with Crippen molar-refractivity contribution in [1.29, 1.82) is 0 Å². The SMILES string of the molecule is CNC(Cc1cn2ccsc2n1)C(C)(C)OC. The van der Waals surface area contributed by atoms with Gasteiger partial charge in [0.05, 0.1) is 11.3 Å². The fourth-order valence-electron chi connectivity index (χ4n) is 1.92. The van der Waals surface area contributed by atoms with Gasteiger partial charge in [0.15, 0.2) is 4.96 Å². The van der Waals surface area contributed by atoms with Crippen LogP contribution in [0.25, 0.3) is 4.96 Å². The van der Waals surface area contributed by atoms with E-state index in [4.69, 9.17) is 4.74 Å². The lowest BCUT2D eigenvalue weighted by Crippen LogP contribution is -2.48. The number of rotatable bonds is 5. The van der Waals surface area contributed by atoms with Gasteiger partial charge >= 0.3 is 0 Å². The van der Waals surface area contributed by atoms with Crippen molar-refractivity contribution in [2.24, 2.45) is 0 Å². The third-order valence-corrected chi connectivity index (χ3v) is 4.04. The van der Waals surface area contributed by atoms with Gasteiger partial charge in [-0.2, -0.15) is 0 Å². The number of imidazole rings is 1. The molecule has 2 aromatic rings. The van der Waals surface area contributed by atoms with Gasteiger partial charge in [0.1, 0.15) is 0 Å². The quantitative estimate of drug-likeness (QED) is 0.885. The fourth-order valence-corrected chi connectivity index (χ4v) is 2.64. The fraction of sp³-hybridized carbons (Fsp3) is 0.583. The van der Waals surface area contributed by atoms with Gasteiger partial charge in [-0.05, 0) is 20.9 Å². The zero-order valence-electron chi connectivity index (χ0n) is 10.7. The van der Waals surface area contributed by atoms with Gasteiger partial charge in [-0.1, -0.05) is 0 Å². The van der Waals surface area contributed by atoms with Crippen molar-refractivity contribution in [2.45, 2.75) is 31.9 Å². The first-order chi connectivity index (χ1) is 8.06. The van der Waals surface area contributed by atoms with E-state index >= 15 is 0 Å². The summed E-state index contributed by atoms with van der Waals surface area (Å²) in [6.45, 7) is 4.18. The summed E-state index contributed by atoms with van der Waals surface area (Å²) in [5.74, 6) is 0. The van der Waals surface area contributed by atoms with Crippen molar-refractivity contribution in [1.82, 2.24) is 14.7 Å². The van der Waals surface area contributed by atoms with Gasteiger partial charge in [0.25, 0.3) is 0 Å². The summed E-state index contributed by atoms with van der Waals surface area (Å²) in [6, 6.07) is 0.247. The van der Waals surface area contributed by atoms with Crippen LogP contribution in [0.15, 0.2) is 17.8 Å². The molecule has 1 atom stereocenters. The van der Waals surface area contributed by atoms with Gasteiger partial charge < -0.3 is 10.1 Å². The van der Waals surface area contributed by atoms with Gasteiger partial charge in [0.2, 0.25) is 0 Å². The Balaban J connectivity index is 2.16. The molecule has 2 aromatic heterocycles. The maximum Gasteiger partial charge on any atom is 0.193 e. The van der Waals surface area contributed by atoms with Crippen LogP contribution < -0.4 is 5.32 Å². The van der Waals surface area contributed by atoms with Crippen molar-refractivity contribution in [3.8, 4) is 0 Å². The predicted octanol–water partition coefficient (Wildman–Crippen LogP) is 1.95. The molecule has 0 bridgehead atoms. The molecule has 0 aliphatic heterocycles. The Morgan fingerprint density at radius 3 is 2.94 bits per heavy atom. The highest BCUT2D eigenvalue weighted by Crippen LogP contribution is 2.19. The van der Waals surface area contributed by atoms with Crippen LogP contribution in [0.5, 0.6) is 0 Å². The van der Waals surface area contributed by atoms with E-state index in [2.05, 4.69) is 34.7 Å². The highest BCUT2D eigenvalue weighted by Gasteiger charge is 2.28. The number of fused-ring (bicyclic) bond motifs is 1. The number of hydrogen-bond acceptors (Lipinski definition) is 4. The van der Waals surface area contributed by atoms with E-state index in [1.54, 1.807) is 18.4 Å². The summed E-state index contributed by atoms with van der Waals surface area (Å²) in [5, 5.41) is 5.35. The van der Waals surface area contributed by atoms with E-state index in [1.165, 1.54) is 0 Å². The van der Waals surface area contributed by atoms with Crippen LogP contribution >= 0.6 is 11.3 Å². The molecular weight excluding hydrogens is 234 g/mol. The molecule has 0 aliphatic rings. The Morgan fingerprint density at radius 2 is 2.35 bits per heavy atom. The molecule has 0 radical (unpaired) electrons.